The summed E-state index contributed by atoms with van der Waals surface area (Å²) < 4.78 is 123. The zero-order chi connectivity index (χ0) is 51.3. The molecule has 33 nitrogen and oxygen atoms in total. The Labute approximate surface area is 402 Å². The van der Waals surface area contributed by atoms with Gasteiger partial charge in [-0.1, -0.05) is 10.1 Å². The summed E-state index contributed by atoms with van der Waals surface area (Å²) in [6, 6.07) is 6.78. The van der Waals surface area contributed by atoms with Gasteiger partial charge in [-0.05, 0) is 36.4 Å². The molecule has 0 aliphatic rings. The molecule has 0 aliphatic heterocycles. The van der Waals surface area contributed by atoms with E-state index in [4.69, 9.17) is 15.6 Å². The highest BCUT2D eigenvalue weighted by Crippen LogP contribution is 2.34. The van der Waals surface area contributed by atoms with Crippen LogP contribution in [0.25, 0.3) is 0 Å². The second kappa shape index (κ2) is 28.2. The number of sulfonamides is 2. The standard InChI is InChI=1S/C16H25N7O10S3.C14H21N7O9S3/c1-35(27,28)18-5-4-17-14-20-15(22-16(21-14)23(6-8-24)7-9-25)19-12-10-11(36(29,30)31)2-3-13(12)34-33-32-26;1-32(24,25)17-5-4-15-12-19-13(16-6-7-22)21-14(20-12)18-10-8-9(33(26,27)28)2-3-11(10)31-30-29-23/h2-3,10,18,24-26H,4-9H2,1H3,(H,29,30,31)(H2,17,19,20,21,22);2-3,8,17,22-23H,4-7H2,1H3,(H,26,27,28)(H3,15,16,18,19,20,21). The molecule has 4 rings (SSSR count). The number of rotatable bonds is 30. The van der Waals surface area contributed by atoms with Gasteiger partial charge in [-0.3, -0.25) is 9.11 Å². The fourth-order valence-corrected chi connectivity index (χ4v) is 7.61. The molecule has 4 aromatic rings. The molecule has 0 radical (unpaired) electrons. The van der Waals surface area contributed by atoms with Crippen LogP contribution in [-0.4, -0.2) is 177 Å². The minimum atomic E-state index is -4.58. The molecule has 0 fully saturated rings. The van der Waals surface area contributed by atoms with E-state index in [9.17, 15) is 53.0 Å². The van der Waals surface area contributed by atoms with Gasteiger partial charge in [0.05, 0.1) is 87.4 Å². The maximum Gasteiger partial charge on any atom is 0.294 e. The molecule has 0 saturated heterocycles. The maximum atomic E-state index is 11.6. The highest BCUT2D eigenvalue weighted by Gasteiger charge is 2.19. The second-order valence-corrected chi connectivity index (χ2v) is 20.8. The zero-order valence-electron chi connectivity index (χ0n) is 35.6. The van der Waals surface area contributed by atoms with Crippen LogP contribution < -0.4 is 40.9 Å². The Balaban J connectivity index is 0.000000367. The minimum Gasteiger partial charge on any atom is -0.395 e. The summed E-state index contributed by atoms with van der Waals surface area (Å²) in [4.78, 5) is 25.8. The largest absolute Gasteiger partial charge is 0.395 e. The molecule has 0 amide bonds. The Morgan fingerprint density at radius 3 is 1.29 bits per heavy atom. The molecule has 386 valence electrons. The van der Waals surface area contributed by atoms with E-state index in [1.807, 2.05) is 0 Å². The molecule has 69 heavy (non-hydrogen) atoms. The van der Waals surface area contributed by atoms with Crippen molar-refractivity contribution < 1.29 is 87.4 Å². The molecule has 0 bridgehead atoms. The zero-order valence-corrected chi connectivity index (χ0v) is 40.5. The van der Waals surface area contributed by atoms with Gasteiger partial charge in [0.2, 0.25) is 55.7 Å². The quantitative estimate of drug-likeness (QED) is 0.00948. The van der Waals surface area contributed by atoms with Gasteiger partial charge in [0.1, 0.15) is 0 Å². The van der Waals surface area contributed by atoms with Crippen LogP contribution in [0.1, 0.15) is 0 Å². The van der Waals surface area contributed by atoms with Crippen LogP contribution in [0.2, 0.25) is 0 Å². The average Bonchev–Trinajstić information content (AvgIpc) is 3.26. The first-order chi connectivity index (χ1) is 32.5. The lowest BCUT2D eigenvalue weighted by molar-refractivity contribution is -0.432. The van der Waals surface area contributed by atoms with Crippen molar-refractivity contribution in [2.75, 3.05) is 110 Å². The third-order valence-corrected chi connectivity index (χ3v) is 12.0. The minimum absolute atomic E-state index is 0.00922. The highest BCUT2D eigenvalue weighted by atomic mass is 32.2. The SMILES string of the molecule is CS(=O)(=O)NCCNc1nc(NCCO)nc(Nc2cc(S(=O)(=O)O)ccc2SOOO)n1.CS(=O)(=O)NCCNc1nc(Nc2cc(S(=O)(=O)O)ccc2SOOO)nc(N(CCO)CCO)n1. The summed E-state index contributed by atoms with van der Waals surface area (Å²) in [7, 11) is -15.9. The first-order valence-electron chi connectivity index (χ1n) is 18.8. The third kappa shape index (κ3) is 22.3. The Morgan fingerprint density at radius 2 is 0.913 bits per heavy atom. The molecule has 2 heterocycles. The Hall–Kier alpha value is -4.76. The van der Waals surface area contributed by atoms with Crippen LogP contribution in [0.3, 0.4) is 0 Å². The number of benzene rings is 2. The lowest BCUT2D eigenvalue weighted by atomic mass is 10.3. The van der Waals surface area contributed by atoms with Gasteiger partial charge in [-0.15, -0.1) is 8.67 Å². The van der Waals surface area contributed by atoms with Crippen molar-refractivity contribution in [2.45, 2.75) is 19.6 Å². The summed E-state index contributed by atoms with van der Waals surface area (Å²) in [6.45, 7) is -0.313. The predicted molar refractivity (Wildman–Crippen MR) is 245 cm³/mol. The predicted octanol–water partition coefficient (Wildman–Crippen LogP) is -1.30. The fourth-order valence-electron chi connectivity index (χ4n) is 4.80. The highest BCUT2D eigenvalue weighted by molar-refractivity contribution is 7.95. The van der Waals surface area contributed by atoms with Crippen LogP contribution >= 0.6 is 24.1 Å². The smallest absolute Gasteiger partial charge is 0.294 e. The van der Waals surface area contributed by atoms with E-state index in [0.717, 1.165) is 36.8 Å². The monoisotopic (exact) mass is 1100 g/mol. The van der Waals surface area contributed by atoms with Crippen LogP contribution in [0.5, 0.6) is 0 Å². The summed E-state index contributed by atoms with van der Waals surface area (Å²) in [6.07, 6.45) is 2.01. The van der Waals surface area contributed by atoms with Gasteiger partial charge in [0.15, 0.2) is 0 Å². The fraction of sp³-hybridized carbons (Fsp3) is 0.400. The van der Waals surface area contributed by atoms with Crippen molar-refractivity contribution in [1.82, 2.24) is 39.3 Å². The van der Waals surface area contributed by atoms with E-state index in [2.05, 4.69) is 84.7 Å². The van der Waals surface area contributed by atoms with Gasteiger partial charge in [-0.25, -0.2) is 36.8 Å². The summed E-state index contributed by atoms with van der Waals surface area (Å²) >= 11 is 1.01. The van der Waals surface area contributed by atoms with Crippen molar-refractivity contribution in [3.8, 4) is 0 Å². The molecular formula is C30H46N14O19S6. The van der Waals surface area contributed by atoms with Crippen molar-refractivity contribution >= 4 is 111 Å². The van der Waals surface area contributed by atoms with Gasteiger partial charge in [-0.2, -0.15) is 46.7 Å². The number of anilines is 8. The lowest BCUT2D eigenvalue weighted by Crippen LogP contribution is -2.32. The van der Waals surface area contributed by atoms with Gasteiger partial charge in [0, 0.05) is 45.8 Å². The van der Waals surface area contributed by atoms with Crippen LogP contribution in [0.4, 0.5) is 47.1 Å². The summed E-state index contributed by atoms with van der Waals surface area (Å²) in [5.74, 6) is -0.173. The van der Waals surface area contributed by atoms with E-state index < -0.39 is 50.1 Å². The van der Waals surface area contributed by atoms with E-state index in [0.29, 0.717) is 24.1 Å². The van der Waals surface area contributed by atoms with Crippen molar-refractivity contribution in [1.29, 1.82) is 0 Å². The van der Waals surface area contributed by atoms with Crippen LogP contribution in [-0.2, 0) is 59.0 Å². The summed E-state index contributed by atoms with van der Waals surface area (Å²) in [5, 5.41) is 65.5. The third-order valence-electron chi connectivity index (χ3n) is 7.52. The number of aromatic nitrogens is 6. The van der Waals surface area contributed by atoms with Gasteiger partial charge in [0.25, 0.3) is 20.2 Å². The van der Waals surface area contributed by atoms with E-state index >= 15 is 0 Å². The second-order valence-electron chi connectivity index (χ2n) is 12.8. The number of nitrogens with zero attached hydrogens (tertiary/aromatic N) is 7. The normalized spacial score (nSPS) is 11.9. The number of aliphatic hydroxyl groups is 3. The van der Waals surface area contributed by atoms with E-state index in [1.54, 1.807) is 0 Å². The molecule has 2 aromatic heterocycles. The topological polar surface area (TPSA) is 480 Å². The molecule has 0 unspecified atom stereocenters. The first-order valence-corrected chi connectivity index (χ1v) is 26.9. The number of nitrogens with one attached hydrogen (secondary N) is 7. The number of aliphatic hydroxyl groups excluding tert-OH is 3. The number of hydrogen-bond donors (Lipinski definition) is 14. The van der Waals surface area contributed by atoms with Crippen molar-refractivity contribution in [2.24, 2.45) is 0 Å². The van der Waals surface area contributed by atoms with Gasteiger partial charge >= 0.3 is 0 Å². The van der Waals surface area contributed by atoms with Gasteiger partial charge < -0.3 is 46.8 Å². The maximum absolute atomic E-state index is 11.6. The molecule has 14 N–H and O–H groups in total. The van der Waals surface area contributed by atoms with E-state index in [1.165, 1.54) is 17.0 Å². The number of hydrogen-bond acceptors (Lipinski definition) is 31. The molecule has 0 saturated carbocycles. The first kappa shape index (κ1) is 58.6. The van der Waals surface area contributed by atoms with Crippen LogP contribution in [0.15, 0.2) is 56.0 Å². The molecule has 0 spiro atoms. The molecule has 0 aliphatic carbocycles. The van der Waals surface area contributed by atoms with Crippen LogP contribution in [0, 0.1) is 0 Å². The van der Waals surface area contributed by atoms with E-state index in [-0.39, 0.29) is 122 Å². The Morgan fingerprint density at radius 1 is 0.536 bits per heavy atom. The summed E-state index contributed by atoms with van der Waals surface area (Å²) in [5.41, 5.74) is 0.0704. The molecule has 2 aromatic carbocycles. The Bertz CT molecular complexity index is 2730. The lowest BCUT2D eigenvalue weighted by Gasteiger charge is -2.22. The van der Waals surface area contributed by atoms with Crippen molar-refractivity contribution in [3.05, 3.63) is 36.4 Å². The molecule has 39 heteroatoms. The molecule has 0 atom stereocenters. The van der Waals surface area contributed by atoms with Crippen molar-refractivity contribution in [3.63, 3.8) is 0 Å². The Kier molecular flexibility index (Phi) is 23.9. The molecular weight excluding hydrogens is 1050 g/mol. The average molecular weight is 1100 g/mol.